The van der Waals surface area contributed by atoms with Gasteiger partial charge in [0.05, 0.1) is 5.69 Å². The largest absolute Gasteiger partial charge is 0.387 e. The first-order valence-corrected chi connectivity index (χ1v) is 13.7. The maximum Gasteiger partial charge on any atom is 0.258 e. The number of rotatable bonds is 9. The molecule has 10 nitrogen and oxygen atoms in total. The van der Waals surface area contributed by atoms with Gasteiger partial charge in [-0.25, -0.2) is 9.67 Å². The van der Waals surface area contributed by atoms with E-state index in [2.05, 4.69) is 34.4 Å². The van der Waals surface area contributed by atoms with Gasteiger partial charge in [0.1, 0.15) is 5.84 Å². The van der Waals surface area contributed by atoms with E-state index in [9.17, 15) is 9.59 Å². The summed E-state index contributed by atoms with van der Waals surface area (Å²) in [5, 5.41) is 13.0. The number of pyridine rings is 1. The molecular formula is C30H34N8O2. The number of benzene rings is 2. The minimum Gasteiger partial charge on any atom is -0.387 e. The second-order valence-electron chi connectivity index (χ2n) is 10.1. The summed E-state index contributed by atoms with van der Waals surface area (Å²) in [6, 6.07) is 13.8. The summed E-state index contributed by atoms with van der Waals surface area (Å²) in [6.45, 7) is 6.08. The fourth-order valence-corrected chi connectivity index (χ4v) is 5.09. The van der Waals surface area contributed by atoms with E-state index >= 15 is 0 Å². The average molecular weight is 539 g/mol. The van der Waals surface area contributed by atoms with Gasteiger partial charge < -0.3 is 15.2 Å². The van der Waals surface area contributed by atoms with E-state index in [1.165, 1.54) is 0 Å². The third-order valence-electron chi connectivity index (χ3n) is 7.14. The van der Waals surface area contributed by atoms with E-state index in [0.717, 1.165) is 59.5 Å². The van der Waals surface area contributed by atoms with Crippen LogP contribution in [0.3, 0.4) is 0 Å². The standard InChI is InChI=1S/C30H34N8O2/c1-4-12-37(13-5-2)29(39)24-17-23-7-6-21(18-26(23)32-27(31)19-24)20-8-9-25-22(16-20)10-14-38(30(25)40)15-11-28-33-34-35-36(28)3/h6-10,14,16-18H,4-5,11-13,15,19H2,1-3H3,(H2,31,32). The van der Waals surface area contributed by atoms with Gasteiger partial charge in [0, 0.05) is 62.2 Å². The third-order valence-corrected chi connectivity index (χ3v) is 7.14. The second-order valence-corrected chi connectivity index (χ2v) is 10.1. The number of aromatic nitrogens is 5. The van der Waals surface area contributed by atoms with Crippen molar-refractivity contribution in [2.45, 2.75) is 46.1 Å². The van der Waals surface area contributed by atoms with Crippen molar-refractivity contribution in [1.82, 2.24) is 29.7 Å². The monoisotopic (exact) mass is 538 g/mol. The maximum absolute atomic E-state index is 13.3. The van der Waals surface area contributed by atoms with E-state index < -0.39 is 0 Å². The Hall–Kier alpha value is -4.60. The molecule has 2 aromatic carbocycles. The number of carbonyl (C=O) groups excluding carboxylic acids is 1. The molecule has 0 atom stereocenters. The zero-order valence-electron chi connectivity index (χ0n) is 23.2. The first-order valence-electron chi connectivity index (χ1n) is 13.7. The quantitative estimate of drug-likeness (QED) is 0.345. The average Bonchev–Trinajstić information content (AvgIpc) is 3.28. The molecule has 206 valence electrons. The summed E-state index contributed by atoms with van der Waals surface area (Å²) in [7, 11) is 1.78. The Kier molecular flexibility index (Phi) is 7.86. The molecule has 10 heteroatoms. The van der Waals surface area contributed by atoms with Crippen LogP contribution in [0.4, 0.5) is 5.69 Å². The number of carbonyl (C=O) groups is 1. The number of nitrogens with zero attached hydrogens (tertiary/aromatic N) is 7. The normalized spacial score (nSPS) is 13.0. The fourth-order valence-electron chi connectivity index (χ4n) is 5.09. The van der Waals surface area contributed by atoms with Crippen LogP contribution in [-0.2, 0) is 24.8 Å². The van der Waals surface area contributed by atoms with E-state index in [1.54, 1.807) is 16.3 Å². The van der Waals surface area contributed by atoms with Crippen molar-refractivity contribution < 1.29 is 4.79 Å². The molecule has 40 heavy (non-hydrogen) atoms. The highest BCUT2D eigenvalue weighted by Crippen LogP contribution is 2.33. The minimum atomic E-state index is -0.0546. The number of hydrogen-bond donors (Lipinski definition) is 1. The molecule has 1 aliphatic rings. The number of aliphatic imine (C=N–C) groups is 1. The van der Waals surface area contributed by atoms with Crippen molar-refractivity contribution in [2.75, 3.05) is 13.1 Å². The van der Waals surface area contributed by atoms with E-state index in [0.29, 0.717) is 36.2 Å². The highest BCUT2D eigenvalue weighted by atomic mass is 16.2. The molecule has 0 spiro atoms. The molecule has 0 fully saturated rings. The van der Waals surface area contributed by atoms with Gasteiger partial charge in [-0.3, -0.25) is 9.59 Å². The Labute approximate surface area is 232 Å². The van der Waals surface area contributed by atoms with Crippen molar-refractivity contribution in [3.8, 4) is 11.1 Å². The van der Waals surface area contributed by atoms with Gasteiger partial charge in [-0.05, 0) is 70.1 Å². The fraction of sp³-hybridized carbons (Fsp3) is 0.333. The number of amidine groups is 1. The van der Waals surface area contributed by atoms with E-state index in [4.69, 9.17) is 5.73 Å². The molecule has 0 aliphatic carbocycles. The lowest BCUT2D eigenvalue weighted by atomic mass is 9.99. The van der Waals surface area contributed by atoms with Crippen LogP contribution in [0.25, 0.3) is 28.0 Å². The lowest BCUT2D eigenvalue weighted by molar-refractivity contribution is -0.127. The predicted octanol–water partition coefficient (Wildman–Crippen LogP) is 3.86. The highest BCUT2D eigenvalue weighted by molar-refractivity contribution is 6.05. The summed E-state index contributed by atoms with van der Waals surface area (Å²) < 4.78 is 3.29. The molecule has 1 aliphatic heterocycles. The van der Waals surface area contributed by atoms with Crippen LogP contribution in [0.2, 0.25) is 0 Å². The topological polar surface area (TPSA) is 124 Å². The van der Waals surface area contributed by atoms with Crippen molar-refractivity contribution in [3.63, 3.8) is 0 Å². The lowest BCUT2D eigenvalue weighted by Gasteiger charge is -2.22. The summed E-state index contributed by atoms with van der Waals surface area (Å²) in [5.74, 6) is 1.16. The Balaban J connectivity index is 1.42. The molecule has 2 N–H and O–H groups in total. The molecule has 1 amide bonds. The summed E-state index contributed by atoms with van der Waals surface area (Å²) in [4.78, 5) is 33.0. The van der Waals surface area contributed by atoms with Crippen molar-refractivity contribution >= 4 is 34.3 Å². The Morgan fingerprint density at radius 3 is 2.52 bits per heavy atom. The molecule has 0 saturated carbocycles. The van der Waals surface area contributed by atoms with E-state index in [1.807, 2.05) is 59.6 Å². The van der Waals surface area contributed by atoms with Crippen LogP contribution in [0.15, 0.2) is 64.0 Å². The smallest absolute Gasteiger partial charge is 0.258 e. The highest BCUT2D eigenvalue weighted by Gasteiger charge is 2.21. The zero-order valence-corrected chi connectivity index (χ0v) is 23.2. The van der Waals surface area contributed by atoms with Crippen LogP contribution < -0.4 is 11.3 Å². The van der Waals surface area contributed by atoms with Crippen LogP contribution in [-0.4, -0.2) is 54.5 Å². The molecular weight excluding hydrogens is 504 g/mol. The van der Waals surface area contributed by atoms with Gasteiger partial charge in [-0.2, -0.15) is 0 Å². The van der Waals surface area contributed by atoms with Gasteiger partial charge in [0.2, 0.25) is 5.91 Å². The predicted molar refractivity (Wildman–Crippen MR) is 157 cm³/mol. The SMILES string of the molecule is CCCN(CCC)C(=O)C1=Cc2ccc(-c3ccc4c(=O)n(CCc5nnnn5C)ccc4c3)cc2N=C(N)C1. The van der Waals surface area contributed by atoms with Gasteiger partial charge in [-0.15, -0.1) is 5.10 Å². The number of aryl methyl sites for hydroxylation is 3. The second kappa shape index (κ2) is 11.6. The number of nitrogens with two attached hydrogens (primary N) is 1. The number of tetrazole rings is 1. The van der Waals surface area contributed by atoms with Gasteiger partial charge in [-0.1, -0.05) is 32.0 Å². The number of hydrogen-bond acceptors (Lipinski definition) is 7. The molecule has 0 saturated heterocycles. The maximum atomic E-state index is 13.3. The Bertz CT molecular complexity index is 1670. The molecule has 0 unspecified atom stereocenters. The molecule has 4 aromatic rings. The first-order chi connectivity index (χ1) is 19.4. The molecule has 0 bridgehead atoms. The molecule has 5 rings (SSSR count). The van der Waals surface area contributed by atoms with Crippen LogP contribution in [0, 0.1) is 0 Å². The Morgan fingerprint density at radius 1 is 1.05 bits per heavy atom. The van der Waals surface area contributed by atoms with Crippen LogP contribution >= 0.6 is 0 Å². The van der Waals surface area contributed by atoms with Gasteiger partial charge >= 0.3 is 0 Å². The third kappa shape index (κ3) is 5.56. The molecule has 3 heterocycles. The molecule has 2 aromatic heterocycles. The van der Waals surface area contributed by atoms with Crippen molar-refractivity contribution in [1.29, 1.82) is 0 Å². The van der Waals surface area contributed by atoms with Crippen molar-refractivity contribution in [2.24, 2.45) is 17.8 Å². The van der Waals surface area contributed by atoms with Gasteiger partial charge in [0.25, 0.3) is 5.56 Å². The van der Waals surface area contributed by atoms with Crippen LogP contribution in [0.5, 0.6) is 0 Å². The lowest BCUT2D eigenvalue weighted by Crippen LogP contribution is -2.34. The van der Waals surface area contributed by atoms with Crippen molar-refractivity contribution in [3.05, 3.63) is 76.0 Å². The molecule has 0 radical (unpaired) electrons. The number of amides is 1. The zero-order chi connectivity index (χ0) is 28.2. The summed E-state index contributed by atoms with van der Waals surface area (Å²) >= 11 is 0. The first kappa shape index (κ1) is 27.0. The summed E-state index contributed by atoms with van der Waals surface area (Å²) in [5.41, 5.74) is 10.4. The number of fused-ring (bicyclic) bond motifs is 2. The Morgan fingerprint density at radius 2 is 1.80 bits per heavy atom. The van der Waals surface area contributed by atoms with Crippen LogP contribution in [0.1, 0.15) is 44.5 Å². The van der Waals surface area contributed by atoms with E-state index in [-0.39, 0.29) is 11.5 Å². The summed E-state index contributed by atoms with van der Waals surface area (Å²) in [6.07, 6.45) is 6.42. The van der Waals surface area contributed by atoms with Gasteiger partial charge in [0.15, 0.2) is 5.82 Å². The minimum absolute atomic E-state index is 0.0206.